The number of carbonyl (C=O) groups is 1. The number of hydrogen-bond donors (Lipinski definition) is 3. The first-order chi connectivity index (χ1) is 18.8. The minimum Gasteiger partial charge on any atom is -0.384 e. The van der Waals surface area contributed by atoms with Crippen molar-refractivity contribution in [2.45, 2.75) is 51.7 Å². The molecule has 2 heterocycles. The molecule has 2 aromatic carbocycles. The zero-order chi connectivity index (χ0) is 29.1. The van der Waals surface area contributed by atoms with Gasteiger partial charge in [-0.25, -0.2) is 8.78 Å². The predicted molar refractivity (Wildman–Crippen MR) is 156 cm³/mol. The lowest BCUT2D eigenvalue weighted by atomic mass is 9.79. The Labute approximate surface area is 234 Å². The molecule has 1 aliphatic heterocycles. The Morgan fingerprint density at radius 3 is 2.40 bits per heavy atom. The molecule has 1 saturated heterocycles. The van der Waals surface area contributed by atoms with Crippen molar-refractivity contribution >= 4 is 28.1 Å². The fourth-order valence-corrected chi connectivity index (χ4v) is 5.41. The van der Waals surface area contributed by atoms with Gasteiger partial charge in [0.2, 0.25) is 5.91 Å². The van der Waals surface area contributed by atoms with E-state index in [2.05, 4.69) is 20.8 Å². The molecule has 3 aromatic rings. The number of aromatic amines is 1. The van der Waals surface area contributed by atoms with Gasteiger partial charge in [-0.2, -0.15) is 5.10 Å². The largest absolute Gasteiger partial charge is 0.384 e. The summed E-state index contributed by atoms with van der Waals surface area (Å²) in [6.07, 6.45) is 6.05. The maximum atomic E-state index is 15.8. The Kier molecular flexibility index (Phi) is 8.75. The van der Waals surface area contributed by atoms with Crippen LogP contribution in [0.3, 0.4) is 0 Å². The minimum absolute atomic E-state index is 0.0364. The zero-order valence-electron chi connectivity index (χ0n) is 24.1. The highest BCUT2D eigenvalue weighted by atomic mass is 19.1. The molecule has 1 aromatic heterocycles. The number of hydrogen-bond acceptors (Lipinski definition) is 5. The number of benzene rings is 2. The predicted octanol–water partition coefficient (Wildman–Crippen LogP) is 5.66. The van der Waals surface area contributed by atoms with Crippen LogP contribution in [0.5, 0.6) is 0 Å². The fraction of sp³-hybridized carbons (Fsp3) is 0.419. The molecular formula is C31H39F2N5O2. The summed E-state index contributed by atoms with van der Waals surface area (Å²) in [7, 11) is 3.38. The number of amides is 1. The van der Waals surface area contributed by atoms with Crippen LogP contribution in [0.1, 0.15) is 51.7 Å². The number of nitrogens with zero attached hydrogens (tertiary/aromatic N) is 2. The van der Waals surface area contributed by atoms with Crippen LogP contribution in [0.4, 0.5) is 14.5 Å². The highest BCUT2D eigenvalue weighted by Crippen LogP contribution is 2.44. The highest BCUT2D eigenvalue weighted by Gasteiger charge is 2.38. The van der Waals surface area contributed by atoms with Crippen molar-refractivity contribution in [2.24, 2.45) is 0 Å². The van der Waals surface area contributed by atoms with Crippen molar-refractivity contribution in [1.82, 2.24) is 20.4 Å². The van der Waals surface area contributed by atoms with Gasteiger partial charge < -0.3 is 20.3 Å². The Morgan fingerprint density at radius 1 is 1.07 bits per heavy atom. The standard InChI is InChI=1S/C31H39F2N5O2/c1-30(2)17-22(18-31(3,4)40-30)28(20-9-10-26-21(14-20)19-36-37-26)29-24(32)15-23(16-25(29)33)35-13-12-34-11-7-8-27(39)38(5)6/h7-10,14-16,19,34-35H,11-13,17-18H2,1-6H3,(H,36,37)/b8-7+. The smallest absolute Gasteiger partial charge is 0.245 e. The zero-order valence-corrected chi connectivity index (χ0v) is 24.1. The Morgan fingerprint density at radius 2 is 1.75 bits per heavy atom. The van der Waals surface area contributed by atoms with E-state index in [4.69, 9.17) is 4.74 Å². The molecule has 0 aliphatic carbocycles. The molecule has 0 saturated carbocycles. The van der Waals surface area contributed by atoms with E-state index in [1.807, 2.05) is 45.9 Å². The first-order valence-electron chi connectivity index (χ1n) is 13.5. The normalized spacial score (nSPS) is 16.4. The van der Waals surface area contributed by atoms with Crippen molar-refractivity contribution < 1.29 is 18.3 Å². The third kappa shape index (κ3) is 7.14. The summed E-state index contributed by atoms with van der Waals surface area (Å²) in [6.45, 7) is 9.55. The highest BCUT2D eigenvalue weighted by molar-refractivity contribution is 5.89. The molecule has 0 spiro atoms. The molecule has 9 heteroatoms. The molecule has 40 heavy (non-hydrogen) atoms. The number of nitrogens with one attached hydrogen (secondary N) is 3. The van der Waals surface area contributed by atoms with E-state index >= 15 is 8.78 Å². The molecule has 1 aliphatic rings. The fourth-order valence-electron chi connectivity index (χ4n) is 5.41. The number of fused-ring (bicyclic) bond motifs is 1. The first-order valence-corrected chi connectivity index (χ1v) is 13.5. The second-order valence-electron chi connectivity index (χ2n) is 11.7. The number of likely N-dealkylation sites (N-methyl/N-ethyl adjacent to an activating group) is 1. The van der Waals surface area contributed by atoms with E-state index in [1.54, 1.807) is 26.4 Å². The van der Waals surface area contributed by atoms with Crippen LogP contribution in [0, 0.1) is 11.6 Å². The minimum atomic E-state index is -0.627. The van der Waals surface area contributed by atoms with Gasteiger partial charge in [0.1, 0.15) is 11.6 Å². The monoisotopic (exact) mass is 551 g/mol. The first kappa shape index (κ1) is 29.4. The van der Waals surface area contributed by atoms with E-state index in [9.17, 15) is 4.79 Å². The van der Waals surface area contributed by atoms with Crippen LogP contribution in [-0.2, 0) is 9.53 Å². The molecule has 1 amide bonds. The van der Waals surface area contributed by atoms with Crippen molar-refractivity contribution in [3.63, 3.8) is 0 Å². The Hall–Kier alpha value is -3.56. The molecular weight excluding hydrogens is 512 g/mol. The topological polar surface area (TPSA) is 82.3 Å². The van der Waals surface area contributed by atoms with Crippen molar-refractivity contribution in [3.8, 4) is 0 Å². The molecule has 0 radical (unpaired) electrons. The van der Waals surface area contributed by atoms with Crippen molar-refractivity contribution in [3.05, 3.63) is 77.0 Å². The van der Waals surface area contributed by atoms with Gasteiger partial charge in [-0.15, -0.1) is 0 Å². The number of H-pyrrole nitrogens is 1. The average molecular weight is 552 g/mol. The van der Waals surface area contributed by atoms with Gasteiger partial charge in [0.25, 0.3) is 0 Å². The number of ether oxygens (including phenoxy) is 1. The maximum Gasteiger partial charge on any atom is 0.245 e. The summed E-state index contributed by atoms with van der Waals surface area (Å²) >= 11 is 0. The number of aromatic nitrogens is 2. The van der Waals surface area contributed by atoms with Gasteiger partial charge in [0.15, 0.2) is 0 Å². The summed E-state index contributed by atoms with van der Waals surface area (Å²) in [5, 5.41) is 14.2. The Balaban J connectivity index is 1.60. The lowest BCUT2D eigenvalue weighted by Crippen LogP contribution is -2.42. The van der Waals surface area contributed by atoms with Crippen LogP contribution in [-0.4, -0.2) is 65.9 Å². The van der Waals surface area contributed by atoms with Gasteiger partial charge >= 0.3 is 0 Å². The second kappa shape index (κ2) is 11.9. The lowest BCUT2D eigenvalue weighted by Gasteiger charge is -2.43. The summed E-state index contributed by atoms with van der Waals surface area (Å²) in [4.78, 5) is 13.1. The molecule has 0 unspecified atom stereocenters. The number of anilines is 1. The lowest BCUT2D eigenvalue weighted by molar-refractivity contribution is -0.138. The molecule has 214 valence electrons. The van der Waals surface area contributed by atoms with Crippen LogP contribution in [0.25, 0.3) is 16.5 Å². The van der Waals surface area contributed by atoms with E-state index in [1.165, 1.54) is 23.1 Å². The quantitative estimate of drug-likeness (QED) is 0.236. The molecule has 1 fully saturated rings. The van der Waals surface area contributed by atoms with Crippen LogP contribution in [0.15, 0.2) is 54.3 Å². The van der Waals surface area contributed by atoms with Crippen molar-refractivity contribution in [1.29, 1.82) is 0 Å². The van der Waals surface area contributed by atoms with Gasteiger partial charge in [-0.1, -0.05) is 17.7 Å². The molecule has 0 bridgehead atoms. The van der Waals surface area contributed by atoms with Gasteiger partial charge in [0, 0.05) is 50.9 Å². The van der Waals surface area contributed by atoms with Crippen molar-refractivity contribution in [2.75, 3.05) is 39.0 Å². The number of carbonyl (C=O) groups excluding carboxylic acids is 1. The summed E-state index contributed by atoms with van der Waals surface area (Å²) < 4.78 is 37.9. The summed E-state index contributed by atoms with van der Waals surface area (Å²) in [6, 6.07) is 8.39. The van der Waals surface area contributed by atoms with E-state index in [0.717, 1.165) is 22.0 Å². The number of halogens is 2. The second-order valence-corrected chi connectivity index (χ2v) is 11.7. The third-order valence-electron chi connectivity index (χ3n) is 6.80. The SMILES string of the molecule is CN(C)C(=O)/C=C/CNCCNc1cc(F)c(C(=C2CC(C)(C)OC(C)(C)C2)c2ccc3[nH]ncc3c2)c(F)c1. The molecule has 7 nitrogen and oxygen atoms in total. The molecule has 3 N–H and O–H groups in total. The summed E-state index contributed by atoms with van der Waals surface area (Å²) in [5.74, 6) is -1.34. The van der Waals surface area contributed by atoms with Crippen LogP contribution in [0.2, 0.25) is 0 Å². The van der Waals surface area contributed by atoms with Gasteiger partial charge in [-0.3, -0.25) is 9.89 Å². The third-order valence-corrected chi connectivity index (χ3v) is 6.80. The molecule has 4 rings (SSSR count). The van der Waals surface area contributed by atoms with Crippen LogP contribution < -0.4 is 10.6 Å². The van der Waals surface area contributed by atoms with Crippen LogP contribution >= 0.6 is 0 Å². The summed E-state index contributed by atoms with van der Waals surface area (Å²) in [5.41, 5.74) is 2.46. The maximum absolute atomic E-state index is 15.8. The number of rotatable bonds is 9. The van der Waals surface area contributed by atoms with Gasteiger partial charge in [0.05, 0.1) is 28.5 Å². The van der Waals surface area contributed by atoms with E-state index in [0.29, 0.717) is 43.7 Å². The molecule has 0 atom stereocenters. The average Bonchev–Trinajstić information content (AvgIpc) is 3.31. The van der Waals surface area contributed by atoms with E-state index < -0.39 is 22.8 Å². The Bertz CT molecular complexity index is 1400. The van der Waals surface area contributed by atoms with Gasteiger partial charge in [-0.05, 0) is 75.9 Å². The van der Waals surface area contributed by atoms with E-state index in [-0.39, 0.29) is 11.5 Å².